The van der Waals surface area contributed by atoms with Gasteiger partial charge in [-0.25, -0.2) is 19.0 Å². The number of carbonyl (C=O) groups excluding carboxylic acids is 9. The van der Waals surface area contributed by atoms with Gasteiger partial charge < -0.3 is 91.6 Å². The van der Waals surface area contributed by atoms with Gasteiger partial charge in [0.05, 0.1) is 68.4 Å². The van der Waals surface area contributed by atoms with Crippen molar-refractivity contribution in [3.63, 3.8) is 0 Å². The van der Waals surface area contributed by atoms with Crippen molar-refractivity contribution in [2.24, 2.45) is 0 Å². The fourth-order valence-electron chi connectivity index (χ4n) is 10.8. The van der Waals surface area contributed by atoms with Crippen LogP contribution in [0, 0.1) is 12.7 Å². The van der Waals surface area contributed by atoms with Crippen LogP contribution in [0.2, 0.25) is 0 Å². The van der Waals surface area contributed by atoms with Crippen LogP contribution in [0.1, 0.15) is 77.6 Å². The molecule has 3 aliphatic heterocycles. The predicted molar refractivity (Wildman–Crippen MR) is 294 cm³/mol. The highest BCUT2D eigenvalue weighted by Crippen LogP contribution is 2.46. The minimum Gasteiger partial charge on any atom is -0.458 e. The number of carbonyl (C=O) groups is 9. The van der Waals surface area contributed by atoms with Crippen molar-refractivity contribution in [2.45, 2.75) is 120 Å². The Hall–Kier alpha value is -8.52. The van der Waals surface area contributed by atoms with Gasteiger partial charge in [0.2, 0.25) is 41.4 Å². The number of ether oxygens (including phenoxy) is 4. The molecule has 8 amide bonds. The van der Waals surface area contributed by atoms with Crippen molar-refractivity contribution >= 4 is 64.3 Å². The summed E-state index contributed by atoms with van der Waals surface area (Å²) in [6.45, 7) is -1.09. The van der Waals surface area contributed by atoms with E-state index in [4.69, 9.17) is 19.2 Å². The average Bonchev–Trinajstić information content (AvgIpc) is 1.48. The molecule has 8 rings (SSSR count). The Morgan fingerprint density at radius 2 is 1.51 bits per heavy atom. The summed E-state index contributed by atoms with van der Waals surface area (Å²) in [5.74, 6) is -6.80. The maximum Gasteiger partial charge on any atom is 0.407 e. The molecule has 1 aliphatic carbocycles. The van der Waals surface area contributed by atoms with Gasteiger partial charge in [-0.1, -0.05) is 37.3 Å². The monoisotopic (exact) mass is 1200 g/mol. The largest absolute Gasteiger partial charge is 0.458 e. The van der Waals surface area contributed by atoms with Crippen LogP contribution in [0.25, 0.3) is 22.3 Å². The molecule has 0 spiro atoms. The first-order valence-electron chi connectivity index (χ1n) is 27.6. The highest BCUT2D eigenvalue weighted by molar-refractivity contribution is 5.95. The number of aryl methyl sites for hydroxylation is 1. The lowest BCUT2D eigenvalue weighted by Gasteiger charge is -2.40. The average molecular weight is 1200 g/mol. The van der Waals surface area contributed by atoms with Crippen LogP contribution in [0.5, 0.6) is 0 Å². The molecule has 4 aliphatic rings. The molecule has 0 radical (unpaired) electrons. The maximum atomic E-state index is 15.4. The zero-order valence-electron chi connectivity index (χ0n) is 47.0. The van der Waals surface area contributed by atoms with E-state index < -0.39 is 165 Å². The number of fused-ring (bicyclic) bond motifs is 5. The Kier molecular flexibility index (Phi) is 20.4. The lowest BCUT2D eigenvalue weighted by Crippen LogP contribution is -2.60. The van der Waals surface area contributed by atoms with Crippen molar-refractivity contribution in [3.8, 4) is 11.4 Å². The number of alkyl carbamates (subject to hydrolysis) is 1. The molecule has 86 heavy (non-hydrogen) atoms. The second-order valence-electron chi connectivity index (χ2n) is 21.0. The number of nitrogens with one attached hydrogen (secondary N) is 8. The molecular formula is C56H67FN10O19. The van der Waals surface area contributed by atoms with E-state index in [2.05, 4.69) is 47.3 Å². The molecule has 5 heterocycles. The topological polar surface area (TPSA) is 423 Å². The first-order chi connectivity index (χ1) is 41.1. The lowest BCUT2D eigenvalue weighted by molar-refractivity contribution is -0.227. The molecule has 2 aromatic carbocycles. The summed E-state index contributed by atoms with van der Waals surface area (Å²) in [4.78, 5) is 135. The van der Waals surface area contributed by atoms with E-state index in [9.17, 15) is 73.5 Å². The number of rotatable bonds is 24. The van der Waals surface area contributed by atoms with Crippen LogP contribution in [-0.4, -0.2) is 184 Å². The van der Waals surface area contributed by atoms with Gasteiger partial charge in [-0.2, -0.15) is 0 Å². The van der Waals surface area contributed by atoms with Gasteiger partial charge in [0.25, 0.3) is 5.56 Å². The summed E-state index contributed by atoms with van der Waals surface area (Å²) in [6, 6.07) is 8.01. The van der Waals surface area contributed by atoms with Crippen LogP contribution < -0.4 is 48.1 Å². The van der Waals surface area contributed by atoms with E-state index in [-0.39, 0.29) is 55.6 Å². The van der Waals surface area contributed by atoms with E-state index in [0.29, 0.717) is 57.4 Å². The molecule has 29 nitrogen and oxygen atoms in total. The number of aliphatic hydroxyl groups excluding tert-OH is 4. The first kappa shape index (κ1) is 63.5. The normalized spacial score (nSPS) is 21.4. The zero-order valence-corrected chi connectivity index (χ0v) is 47.0. The van der Waals surface area contributed by atoms with E-state index >= 15 is 4.39 Å². The molecule has 1 fully saturated rings. The van der Waals surface area contributed by atoms with Crippen LogP contribution in [0.3, 0.4) is 0 Å². The third-order valence-corrected chi connectivity index (χ3v) is 15.5. The Morgan fingerprint density at radius 3 is 2.21 bits per heavy atom. The number of hydrogen-bond acceptors (Lipinski definition) is 20. The Labute approximate surface area is 489 Å². The molecule has 1 saturated heterocycles. The number of esters is 1. The van der Waals surface area contributed by atoms with Gasteiger partial charge in [-0.05, 0) is 60.9 Å². The summed E-state index contributed by atoms with van der Waals surface area (Å²) in [5.41, 5.74) is 1.52. The van der Waals surface area contributed by atoms with E-state index in [1.54, 1.807) is 50.2 Å². The molecule has 13 N–H and O–H groups in total. The number of amides is 8. The fraction of sp³-hybridized carbons (Fsp3) is 0.482. The number of methoxy groups -OCH3 is 1. The van der Waals surface area contributed by atoms with Crippen LogP contribution in [-0.2, 0) is 88.9 Å². The van der Waals surface area contributed by atoms with Gasteiger partial charge in [-0.3, -0.25) is 38.4 Å². The Balaban J connectivity index is 0.799. The molecule has 9 atom stereocenters. The van der Waals surface area contributed by atoms with Crippen LogP contribution >= 0.6 is 0 Å². The summed E-state index contributed by atoms with van der Waals surface area (Å²) in [6.07, 6.45) is -8.47. The highest BCUT2D eigenvalue weighted by Gasteiger charge is 2.47. The minimum absolute atomic E-state index is 0.0254. The molecule has 0 saturated carbocycles. The minimum atomic E-state index is -2.07. The summed E-state index contributed by atoms with van der Waals surface area (Å²) in [5, 5.41) is 71.3. The zero-order chi connectivity index (χ0) is 62.1. The fourth-order valence-corrected chi connectivity index (χ4v) is 10.8. The standard InChI is InChI=1S/C56H67FN10O19/c1-4-56(82)31-15-37-47-29(21-67(37)53(79)30(31)23-85-54(56)80)46-33(11-10-28-26(2)32(57)16-35(65-47)45(28)46)63-44(73)24-84-25-62-42(71)19-61-52(78)36(14-27-8-6-5-7-9-27)64-43(72)20-59-41(70)18-60-51(77)34(66-55(81)83-3)12-13-40(69)58-17-38-48(74)50(76)49(75)39(22-68)86-38/h5-9,15-16,33-34,36,38-39,48-50,68,74-76,82H,4,10-14,17-25H2,1-3H3,(H,58,69)(H,59,70)(H,60,77)(H,61,78)(H,62,71)(H,63,73)(H,64,72)(H,66,81)/t33-,34-,36-,38-,39+,48-,49+,50+,56-/m0/s1. The summed E-state index contributed by atoms with van der Waals surface area (Å²) in [7, 11) is 1.03. The molecular weight excluding hydrogens is 1140 g/mol. The SMILES string of the molecule is CC[C@@]1(O)C(=O)OCc2c1cc1n(c2=O)Cc2c-1nc1cc(F)c(C)c3c1c2[C@@H](NC(=O)COCNC(=O)CNC(=O)[C@H](Cc1ccccc1)NC(=O)CNC(=O)CNC(=O)[C@H](CCC(=O)NC[C@@H]1O[C@H](CO)[C@@H](O)[C@H](O)[C@H]1O)NC(=O)OC)CC3. The second kappa shape index (κ2) is 27.7. The number of halogens is 1. The van der Waals surface area contributed by atoms with Crippen molar-refractivity contribution in [3.05, 3.63) is 97.6 Å². The number of hydrogen-bond donors (Lipinski definition) is 13. The van der Waals surface area contributed by atoms with Crippen molar-refractivity contribution in [2.75, 3.05) is 53.2 Å². The molecule has 0 unspecified atom stereocenters. The first-order valence-corrected chi connectivity index (χ1v) is 27.6. The Bertz CT molecular complexity index is 3370. The number of aromatic nitrogens is 2. The second-order valence-corrected chi connectivity index (χ2v) is 21.0. The van der Waals surface area contributed by atoms with Gasteiger partial charge in [0, 0.05) is 42.0 Å². The summed E-state index contributed by atoms with van der Waals surface area (Å²) >= 11 is 0. The van der Waals surface area contributed by atoms with Gasteiger partial charge in [-0.15, -0.1) is 0 Å². The van der Waals surface area contributed by atoms with Crippen LogP contribution in [0.15, 0.2) is 47.3 Å². The summed E-state index contributed by atoms with van der Waals surface area (Å²) < 4.78 is 37.5. The molecule has 30 heteroatoms. The van der Waals surface area contributed by atoms with Crippen LogP contribution in [0.4, 0.5) is 9.18 Å². The quantitative estimate of drug-likeness (QED) is 0.0160. The van der Waals surface area contributed by atoms with Crippen molar-refractivity contribution in [1.29, 1.82) is 0 Å². The van der Waals surface area contributed by atoms with Gasteiger partial charge in [0.1, 0.15) is 68.4 Å². The number of aliphatic hydroxyl groups is 5. The van der Waals surface area contributed by atoms with E-state index in [1.807, 2.05) is 0 Å². The third kappa shape index (κ3) is 14.1. The van der Waals surface area contributed by atoms with Crippen molar-refractivity contribution in [1.82, 2.24) is 52.1 Å². The van der Waals surface area contributed by atoms with Gasteiger partial charge >= 0.3 is 12.1 Å². The Morgan fingerprint density at radius 1 is 0.826 bits per heavy atom. The van der Waals surface area contributed by atoms with E-state index in [1.165, 1.54) is 10.6 Å². The predicted octanol–water partition coefficient (Wildman–Crippen LogP) is -3.74. The van der Waals surface area contributed by atoms with E-state index in [0.717, 1.165) is 7.11 Å². The number of benzene rings is 2. The number of nitrogens with zero attached hydrogens (tertiary/aromatic N) is 2. The number of cyclic esters (lactones) is 1. The molecule has 4 aromatic rings. The third-order valence-electron chi connectivity index (χ3n) is 15.5. The molecule has 2 aromatic heterocycles. The highest BCUT2D eigenvalue weighted by atomic mass is 19.1. The van der Waals surface area contributed by atoms with Crippen molar-refractivity contribution < 1.29 is 92.0 Å². The number of pyridine rings is 2. The van der Waals surface area contributed by atoms with Gasteiger partial charge in [0.15, 0.2) is 5.60 Å². The molecule has 0 bridgehead atoms. The maximum absolute atomic E-state index is 15.4. The smallest absolute Gasteiger partial charge is 0.407 e. The lowest BCUT2D eigenvalue weighted by atomic mass is 9.81. The molecule has 462 valence electrons.